The molecule has 0 saturated carbocycles. The summed E-state index contributed by atoms with van der Waals surface area (Å²) in [6.45, 7) is 2.71. The third-order valence-electron chi connectivity index (χ3n) is 2.70. The van der Waals surface area contributed by atoms with Gasteiger partial charge in [0.1, 0.15) is 11.8 Å². The molecule has 1 atom stereocenters. The van der Waals surface area contributed by atoms with E-state index in [4.69, 9.17) is 22.2 Å². The SMILES string of the molecule is Cc1cc(C(NN)C2=CCCO2)ccc1Cl. The highest BCUT2D eigenvalue weighted by Crippen LogP contribution is 2.28. The van der Waals surface area contributed by atoms with E-state index in [0.29, 0.717) is 0 Å². The molecule has 4 heteroatoms. The molecule has 1 heterocycles. The quantitative estimate of drug-likeness (QED) is 0.628. The summed E-state index contributed by atoms with van der Waals surface area (Å²) in [7, 11) is 0. The summed E-state index contributed by atoms with van der Waals surface area (Å²) in [5, 5.41) is 0.765. The topological polar surface area (TPSA) is 47.3 Å². The van der Waals surface area contributed by atoms with Gasteiger partial charge in [0.05, 0.1) is 6.61 Å². The van der Waals surface area contributed by atoms with Gasteiger partial charge in [0.15, 0.2) is 0 Å². The van der Waals surface area contributed by atoms with Crippen LogP contribution in [0, 0.1) is 6.92 Å². The molecule has 3 nitrogen and oxygen atoms in total. The van der Waals surface area contributed by atoms with E-state index in [1.807, 2.05) is 25.1 Å². The molecule has 0 amide bonds. The first-order valence-corrected chi connectivity index (χ1v) is 5.65. The smallest absolute Gasteiger partial charge is 0.115 e. The Morgan fingerprint density at radius 3 is 2.88 bits per heavy atom. The maximum Gasteiger partial charge on any atom is 0.115 e. The van der Waals surface area contributed by atoms with E-state index in [1.165, 1.54) is 0 Å². The highest BCUT2D eigenvalue weighted by molar-refractivity contribution is 6.31. The summed E-state index contributed by atoms with van der Waals surface area (Å²) in [5.74, 6) is 6.46. The minimum Gasteiger partial charge on any atom is -0.496 e. The van der Waals surface area contributed by atoms with Crippen molar-refractivity contribution in [2.45, 2.75) is 19.4 Å². The lowest BCUT2D eigenvalue weighted by molar-refractivity contribution is 0.215. The van der Waals surface area contributed by atoms with Crippen LogP contribution in [0.1, 0.15) is 23.6 Å². The fraction of sp³-hybridized carbons (Fsp3) is 0.333. The number of hydrazine groups is 1. The van der Waals surface area contributed by atoms with Crippen LogP contribution >= 0.6 is 11.6 Å². The van der Waals surface area contributed by atoms with Gasteiger partial charge in [-0.25, -0.2) is 5.43 Å². The molecule has 86 valence electrons. The molecule has 0 aliphatic carbocycles. The fourth-order valence-corrected chi connectivity index (χ4v) is 1.95. The number of halogens is 1. The Bertz CT molecular complexity index is 417. The zero-order valence-corrected chi connectivity index (χ0v) is 9.92. The second-order valence-electron chi connectivity index (χ2n) is 3.85. The van der Waals surface area contributed by atoms with E-state index in [-0.39, 0.29) is 6.04 Å². The van der Waals surface area contributed by atoms with E-state index in [0.717, 1.165) is 34.9 Å². The van der Waals surface area contributed by atoms with Gasteiger partial charge in [-0.3, -0.25) is 5.84 Å². The molecule has 1 aromatic carbocycles. The molecule has 3 N–H and O–H groups in total. The van der Waals surface area contributed by atoms with Crippen molar-refractivity contribution in [3.8, 4) is 0 Å². The Labute approximate surface area is 100 Å². The molecular weight excluding hydrogens is 224 g/mol. The van der Waals surface area contributed by atoms with Gasteiger partial charge in [0, 0.05) is 11.4 Å². The van der Waals surface area contributed by atoms with Crippen LogP contribution in [0.3, 0.4) is 0 Å². The Kier molecular flexibility index (Phi) is 3.49. The van der Waals surface area contributed by atoms with E-state index in [2.05, 4.69) is 11.5 Å². The van der Waals surface area contributed by atoms with Gasteiger partial charge in [-0.1, -0.05) is 23.7 Å². The molecule has 0 fully saturated rings. The Morgan fingerprint density at radius 1 is 1.50 bits per heavy atom. The van der Waals surface area contributed by atoms with E-state index in [9.17, 15) is 0 Å². The molecule has 0 spiro atoms. The monoisotopic (exact) mass is 238 g/mol. The van der Waals surface area contributed by atoms with Gasteiger partial charge in [-0.05, 0) is 30.2 Å². The van der Waals surface area contributed by atoms with Crippen LogP contribution in [0.2, 0.25) is 5.02 Å². The van der Waals surface area contributed by atoms with Crippen LogP contribution in [0.15, 0.2) is 30.0 Å². The first-order valence-electron chi connectivity index (χ1n) is 5.27. The second-order valence-corrected chi connectivity index (χ2v) is 4.26. The zero-order chi connectivity index (χ0) is 11.5. The number of aryl methyl sites for hydroxylation is 1. The van der Waals surface area contributed by atoms with Crippen LogP contribution in [0.25, 0.3) is 0 Å². The lowest BCUT2D eigenvalue weighted by Gasteiger charge is -2.18. The molecule has 0 radical (unpaired) electrons. The van der Waals surface area contributed by atoms with E-state index in [1.54, 1.807) is 0 Å². The summed E-state index contributed by atoms with van der Waals surface area (Å²) in [4.78, 5) is 0. The maximum atomic E-state index is 5.99. The highest BCUT2D eigenvalue weighted by Gasteiger charge is 2.19. The lowest BCUT2D eigenvalue weighted by Crippen LogP contribution is -2.29. The summed E-state index contributed by atoms with van der Waals surface area (Å²) in [6.07, 6.45) is 3.01. The van der Waals surface area contributed by atoms with Crippen molar-refractivity contribution in [1.29, 1.82) is 0 Å². The minimum absolute atomic E-state index is 0.0848. The van der Waals surface area contributed by atoms with Gasteiger partial charge in [0.25, 0.3) is 0 Å². The van der Waals surface area contributed by atoms with Gasteiger partial charge >= 0.3 is 0 Å². The predicted molar refractivity (Wildman–Crippen MR) is 64.9 cm³/mol. The first kappa shape index (κ1) is 11.5. The molecule has 1 aromatic rings. The molecule has 1 aliphatic heterocycles. The van der Waals surface area contributed by atoms with Crippen molar-refractivity contribution in [2.24, 2.45) is 5.84 Å². The maximum absolute atomic E-state index is 5.99. The van der Waals surface area contributed by atoms with Gasteiger partial charge in [-0.15, -0.1) is 0 Å². The fourth-order valence-electron chi connectivity index (χ4n) is 1.83. The van der Waals surface area contributed by atoms with Crippen molar-refractivity contribution in [3.63, 3.8) is 0 Å². The summed E-state index contributed by atoms with van der Waals surface area (Å²) >= 11 is 5.99. The summed E-state index contributed by atoms with van der Waals surface area (Å²) in [5.41, 5.74) is 4.88. The van der Waals surface area contributed by atoms with Crippen molar-refractivity contribution in [2.75, 3.05) is 6.61 Å². The van der Waals surface area contributed by atoms with Crippen LogP contribution < -0.4 is 11.3 Å². The normalized spacial score (nSPS) is 16.8. The number of ether oxygens (including phenoxy) is 1. The van der Waals surface area contributed by atoms with Crippen LogP contribution in [-0.4, -0.2) is 6.61 Å². The number of hydrogen-bond donors (Lipinski definition) is 2. The molecule has 1 unspecified atom stereocenters. The number of nitrogens with one attached hydrogen (secondary N) is 1. The number of hydrogen-bond acceptors (Lipinski definition) is 3. The third-order valence-corrected chi connectivity index (χ3v) is 3.12. The molecule has 1 aliphatic rings. The lowest BCUT2D eigenvalue weighted by atomic mass is 10.0. The van der Waals surface area contributed by atoms with E-state index < -0.39 is 0 Å². The predicted octanol–water partition coefficient (Wildman–Crippen LogP) is 2.46. The molecule has 0 aromatic heterocycles. The summed E-state index contributed by atoms with van der Waals surface area (Å²) in [6, 6.07) is 5.78. The Hall–Kier alpha value is -1.03. The Balaban J connectivity index is 2.29. The molecule has 2 rings (SSSR count). The number of nitrogens with two attached hydrogens (primary N) is 1. The van der Waals surface area contributed by atoms with Gasteiger partial charge in [0.2, 0.25) is 0 Å². The zero-order valence-electron chi connectivity index (χ0n) is 9.16. The van der Waals surface area contributed by atoms with E-state index >= 15 is 0 Å². The number of benzene rings is 1. The standard InChI is InChI=1S/C12H15ClN2O/c1-8-7-9(4-5-10(8)13)12(15-14)11-3-2-6-16-11/h3-5,7,12,15H,2,6,14H2,1H3. The largest absolute Gasteiger partial charge is 0.496 e. The minimum atomic E-state index is -0.0848. The Morgan fingerprint density at radius 2 is 2.31 bits per heavy atom. The average Bonchev–Trinajstić information content (AvgIpc) is 2.78. The van der Waals surface area contributed by atoms with Gasteiger partial charge in [-0.2, -0.15) is 0 Å². The highest BCUT2D eigenvalue weighted by atomic mass is 35.5. The van der Waals surface area contributed by atoms with Crippen LogP contribution in [-0.2, 0) is 4.74 Å². The van der Waals surface area contributed by atoms with Crippen molar-refractivity contribution in [3.05, 3.63) is 46.2 Å². The molecular formula is C12H15ClN2O. The van der Waals surface area contributed by atoms with Crippen LogP contribution in [0.4, 0.5) is 0 Å². The second kappa shape index (κ2) is 4.87. The number of rotatable bonds is 3. The summed E-state index contributed by atoms with van der Waals surface area (Å²) < 4.78 is 5.52. The molecule has 0 saturated heterocycles. The average molecular weight is 239 g/mol. The van der Waals surface area contributed by atoms with Crippen molar-refractivity contribution >= 4 is 11.6 Å². The molecule has 0 bridgehead atoms. The first-order chi connectivity index (χ1) is 7.72. The van der Waals surface area contributed by atoms with Crippen molar-refractivity contribution in [1.82, 2.24) is 5.43 Å². The molecule has 16 heavy (non-hydrogen) atoms. The van der Waals surface area contributed by atoms with Gasteiger partial charge < -0.3 is 4.74 Å². The van der Waals surface area contributed by atoms with Crippen LogP contribution in [0.5, 0.6) is 0 Å². The third kappa shape index (κ3) is 2.21. The van der Waals surface area contributed by atoms with Crippen molar-refractivity contribution < 1.29 is 4.74 Å².